The number of benzene rings is 1. The Morgan fingerprint density at radius 1 is 1.11 bits per heavy atom. The van der Waals surface area contributed by atoms with Gasteiger partial charge in [-0.2, -0.15) is 0 Å². The van der Waals surface area contributed by atoms with Crippen molar-refractivity contribution in [1.29, 1.82) is 0 Å². The van der Waals surface area contributed by atoms with Crippen LogP contribution in [0, 0.1) is 5.92 Å². The molecule has 0 aliphatic heterocycles. The number of para-hydroxylation sites is 1. The number of nitrogens with one attached hydrogen (secondary N) is 1. The molecule has 2 aromatic heterocycles. The molecule has 1 aliphatic rings. The molecule has 200 valence electrons. The average molecular weight is 553 g/mol. The Bertz CT molecular complexity index is 1290. The fourth-order valence-corrected chi connectivity index (χ4v) is 4.95. The van der Waals surface area contributed by atoms with E-state index >= 15 is 0 Å². The van der Waals surface area contributed by atoms with Crippen LogP contribution in [0.15, 0.2) is 30.6 Å². The van der Waals surface area contributed by atoms with Crippen LogP contribution in [0.2, 0.25) is 5.02 Å². The molecule has 2 atom stereocenters. The van der Waals surface area contributed by atoms with E-state index in [1.54, 1.807) is 18.2 Å². The van der Waals surface area contributed by atoms with Crippen LogP contribution >= 0.6 is 11.6 Å². The van der Waals surface area contributed by atoms with Crippen LogP contribution in [0.5, 0.6) is 11.5 Å². The summed E-state index contributed by atoms with van der Waals surface area (Å²) in [5.41, 5.74) is 0.428. The van der Waals surface area contributed by atoms with Gasteiger partial charge >= 0.3 is 0 Å². The van der Waals surface area contributed by atoms with Crippen molar-refractivity contribution in [3.05, 3.63) is 47.3 Å². The highest BCUT2D eigenvalue weighted by atomic mass is 35.5. The molecule has 1 saturated carbocycles. The quantitative estimate of drug-likeness (QED) is 0.336. The van der Waals surface area contributed by atoms with E-state index in [1.165, 1.54) is 45.2 Å². The first-order valence-electron chi connectivity index (χ1n) is 11.5. The third-order valence-electron chi connectivity index (χ3n) is 5.94. The van der Waals surface area contributed by atoms with E-state index in [0.717, 1.165) is 12.8 Å². The summed E-state index contributed by atoms with van der Waals surface area (Å²) >= 11 is 5.88. The van der Waals surface area contributed by atoms with Crippen LogP contribution in [-0.4, -0.2) is 66.3 Å². The van der Waals surface area contributed by atoms with Crippen molar-refractivity contribution in [2.24, 2.45) is 5.92 Å². The normalized spacial score (nSPS) is 15.3. The Kier molecular flexibility index (Phi) is 8.47. The van der Waals surface area contributed by atoms with Crippen molar-refractivity contribution < 1.29 is 27.4 Å². The maximum atomic E-state index is 13.5. The molecule has 12 nitrogen and oxygen atoms in total. The SMILES string of the molecule is COc1cccc(OC)c1-n1c(COCC2CC2)nnc1NS(=O)(=O)C(C)C(OC)c1ncc(Cl)cn1. The fraction of sp³-hybridized carbons (Fsp3) is 0.478. The number of halogens is 1. The molecule has 37 heavy (non-hydrogen) atoms. The van der Waals surface area contributed by atoms with Gasteiger partial charge in [0.15, 0.2) is 11.6 Å². The largest absolute Gasteiger partial charge is 0.494 e. The predicted molar refractivity (Wildman–Crippen MR) is 136 cm³/mol. The van der Waals surface area contributed by atoms with Crippen molar-refractivity contribution >= 4 is 27.6 Å². The minimum absolute atomic E-state index is 0.0634. The highest BCUT2D eigenvalue weighted by molar-refractivity contribution is 7.93. The summed E-state index contributed by atoms with van der Waals surface area (Å²) in [6.07, 6.45) is 4.04. The summed E-state index contributed by atoms with van der Waals surface area (Å²) < 4.78 is 53.5. The van der Waals surface area contributed by atoms with E-state index in [4.69, 9.17) is 30.5 Å². The molecule has 1 fully saturated rings. The first-order valence-corrected chi connectivity index (χ1v) is 13.5. The van der Waals surface area contributed by atoms with Gasteiger partial charge in [-0.05, 0) is 37.8 Å². The molecular formula is C23H29ClN6O6S. The monoisotopic (exact) mass is 552 g/mol. The molecule has 0 spiro atoms. The van der Waals surface area contributed by atoms with Crippen LogP contribution in [0.25, 0.3) is 5.69 Å². The molecule has 2 unspecified atom stereocenters. The molecule has 14 heteroatoms. The minimum Gasteiger partial charge on any atom is -0.494 e. The number of ether oxygens (including phenoxy) is 4. The Balaban J connectivity index is 1.70. The molecule has 1 N–H and O–H groups in total. The lowest BCUT2D eigenvalue weighted by Gasteiger charge is -2.22. The van der Waals surface area contributed by atoms with E-state index < -0.39 is 21.4 Å². The molecule has 1 aliphatic carbocycles. The Morgan fingerprint density at radius 2 is 1.76 bits per heavy atom. The van der Waals surface area contributed by atoms with Gasteiger partial charge in [-0.1, -0.05) is 17.7 Å². The van der Waals surface area contributed by atoms with Gasteiger partial charge in [0, 0.05) is 26.1 Å². The molecule has 4 rings (SSSR count). The summed E-state index contributed by atoms with van der Waals surface area (Å²) in [7, 11) is 0.298. The molecule has 0 amide bonds. The Hall–Kier alpha value is -3.00. The second kappa shape index (κ2) is 11.6. The maximum Gasteiger partial charge on any atom is 0.243 e. The summed E-state index contributed by atoms with van der Waals surface area (Å²) in [6.45, 7) is 2.18. The highest BCUT2D eigenvalue weighted by Crippen LogP contribution is 2.36. The number of methoxy groups -OCH3 is 3. The number of anilines is 1. The second-order valence-electron chi connectivity index (χ2n) is 8.51. The van der Waals surface area contributed by atoms with E-state index in [1.807, 2.05) is 0 Å². The van der Waals surface area contributed by atoms with Crippen molar-refractivity contribution in [2.75, 3.05) is 32.7 Å². The molecule has 1 aromatic carbocycles. The number of sulfonamides is 1. The summed E-state index contributed by atoms with van der Waals surface area (Å²) in [5, 5.41) is 7.56. The second-order valence-corrected chi connectivity index (χ2v) is 11.0. The fourth-order valence-electron chi connectivity index (χ4n) is 3.72. The lowest BCUT2D eigenvalue weighted by atomic mass is 10.2. The number of hydrogen-bond donors (Lipinski definition) is 1. The van der Waals surface area contributed by atoms with Gasteiger partial charge in [0.25, 0.3) is 0 Å². The number of hydrogen-bond acceptors (Lipinski definition) is 10. The maximum absolute atomic E-state index is 13.5. The topological polar surface area (TPSA) is 140 Å². The first kappa shape index (κ1) is 27.0. The van der Waals surface area contributed by atoms with Gasteiger partial charge in [-0.3, -0.25) is 9.29 Å². The summed E-state index contributed by atoms with van der Waals surface area (Å²) in [4.78, 5) is 8.23. The smallest absolute Gasteiger partial charge is 0.243 e. The predicted octanol–water partition coefficient (Wildman–Crippen LogP) is 3.17. The highest BCUT2D eigenvalue weighted by Gasteiger charge is 2.35. The molecule has 0 radical (unpaired) electrons. The van der Waals surface area contributed by atoms with E-state index in [-0.39, 0.29) is 18.4 Å². The van der Waals surface area contributed by atoms with Crippen LogP contribution in [-0.2, 0) is 26.1 Å². The number of rotatable bonds is 13. The molecule has 2 heterocycles. The van der Waals surface area contributed by atoms with E-state index in [2.05, 4.69) is 24.9 Å². The van der Waals surface area contributed by atoms with E-state index in [0.29, 0.717) is 40.6 Å². The summed E-state index contributed by atoms with van der Waals surface area (Å²) in [5.74, 6) is 1.88. The van der Waals surface area contributed by atoms with Crippen molar-refractivity contribution in [1.82, 2.24) is 24.7 Å². The zero-order valence-electron chi connectivity index (χ0n) is 20.9. The van der Waals surface area contributed by atoms with E-state index in [9.17, 15) is 8.42 Å². The molecular weight excluding hydrogens is 524 g/mol. The van der Waals surface area contributed by atoms with Gasteiger partial charge < -0.3 is 18.9 Å². The van der Waals surface area contributed by atoms with Crippen LogP contribution in [0.3, 0.4) is 0 Å². The third kappa shape index (κ3) is 6.12. The molecule has 0 saturated heterocycles. The zero-order chi connectivity index (χ0) is 26.6. The lowest BCUT2D eigenvalue weighted by molar-refractivity contribution is 0.0950. The average Bonchev–Trinajstić information content (AvgIpc) is 3.64. The van der Waals surface area contributed by atoms with Crippen molar-refractivity contribution in [2.45, 2.75) is 37.7 Å². The number of nitrogens with zero attached hydrogens (tertiary/aromatic N) is 5. The first-order chi connectivity index (χ1) is 17.8. The van der Waals surface area contributed by atoms with Gasteiger partial charge in [0.2, 0.25) is 16.0 Å². The van der Waals surface area contributed by atoms with Gasteiger partial charge in [-0.25, -0.2) is 18.4 Å². The number of aromatic nitrogens is 5. The van der Waals surface area contributed by atoms with Crippen LogP contribution < -0.4 is 14.2 Å². The van der Waals surface area contributed by atoms with Crippen molar-refractivity contribution in [3.63, 3.8) is 0 Å². The lowest BCUT2D eigenvalue weighted by Crippen LogP contribution is -2.33. The Labute approximate surface area is 220 Å². The van der Waals surface area contributed by atoms with Gasteiger partial charge in [-0.15, -0.1) is 10.2 Å². The van der Waals surface area contributed by atoms with Crippen LogP contribution in [0.1, 0.15) is 37.5 Å². The van der Waals surface area contributed by atoms with Crippen LogP contribution in [0.4, 0.5) is 5.95 Å². The third-order valence-corrected chi connectivity index (χ3v) is 7.82. The van der Waals surface area contributed by atoms with Gasteiger partial charge in [0.05, 0.1) is 19.2 Å². The summed E-state index contributed by atoms with van der Waals surface area (Å²) in [6, 6.07) is 5.22. The zero-order valence-corrected chi connectivity index (χ0v) is 22.5. The van der Waals surface area contributed by atoms with Crippen molar-refractivity contribution in [3.8, 4) is 17.2 Å². The minimum atomic E-state index is -4.10. The molecule has 3 aromatic rings. The Morgan fingerprint density at radius 3 is 2.32 bits per heavy atom. The van der Waals surface area contributed by atoms with Gasteiger partial charge in [0.1, 0.15) is 35.1 Å². The standard InChI is InChI=1S/C23H29ClN6O6S/c1-14(21(35-4)22-25-10-16(24)11-26-22)37(31,32)29-23-28-27-19(13-36-12-15-8-9-15)30(23)20-17(33-2)6-5-7-18(20)34-3/h5-7,10-11,14-15,21H,8-9,12-13H2,1-4H3,(H,28,29). The molecule has 0 bridgehead atoms.